The third-order valence-electron chi connectivity index (χ3n) is 3.80. The van der Waals surface area contributed by atoms with Gasteiger partial charge in [0.1, 0.15) is 11.6 Å². The maximum atomic E-state index is 12.9. The van der Waals surface area contributed by atoms with E-state index in [0.29, 0.717) is 17.0 Å². The van der Waals surface area contributed by atoms with Crippen molar-refractivity contribution in [3.8, 4) is 5.75 Å². The summed E-state index contributed by atoms with van der Waals surface area (Å²) in [4.78, 5) is 24.3. The first-order valence-corrected chi connectivity index (χ1v) is 8.15. The van der Waals surface area contributed by atoms with Gasteiger partial charge in [0.25, 0.3) is 11.8 Å². The molecule has 130 valence electrons. The quantitative estimate of drug-likeness (QED) is 0.847. The van der Waals surface area contributed by atoms with Gasteiger partial charge in [0.15, 0.2) is 6.10 Å². The van der Waals surface area contributed by atoms with E-state index < -0.39 is 6.10 Å². The van der Waals surface area contributed by atoms with Crippen LogP contribution in [0, 0.1) is 5.82 Å². The zero-order chi connectivity index (χ0) is 17.8. The first-order valence-electron chi connectivity index (χ1n) is 8.15. The Kier molecular flexibility index (Phi) is 4.97. The molecule has 1 saturated carbocycles. The second-order valence-corrected chi connectivity index (χ2v) is 6.03. The summed E-state index contributed by atoms with van der Waals surface area (Å²) in [5.41, 5.74) is 1.01. The Bertz CT molecular complexity index is 772. The number of hydrogen-bond acceptors (Lipinski definition) is 3. The molecule has 2 aromatic rings. The number of halogens is 1. The Balaban J connectivity index is 1.59. The van der Waals surface area contributed by atoms with Gasteiger partial charge in [-0.3, -0.25) is 9.59 Å². The average molecular weight is 342 g/mol. The summed E-state index contributed by atoms with van der Waals surface area (Å²) in [6.07, 6.45) is 1.26. The van der Waals surface area contributed by atoms with E-state index in [9.17, 15) is 14.0 Å². The number of nitrogens with one attached hydrogen (secondary N) is 2. The molecule has 6 heteroatoms. The number of hydrogen-bond donors (Lipinski definition) is 2. The molecule has 0 aliphatic heterocycles. The van der Waals surface area contributed by atoms with Crippen LogP contribution in [-0.2, 0) is 4.79 Å². The van der Waals surface area contributed by atoms with E-state index in [1.807, 2.05) is 0 Å². The minimum absolute atomic E-state index is 0.144. The topological polar surface area (TPSA) is 67.4 Å². The average Bonchev–Trinajstić information content (AvgIpc) is 3.41. The van der Waals surface area contributed by atoms with Crippen LogP contribution in [0.5, 0.6) is 5.75 Å². The van der Waals surface area contributed by atoms with Crippen molar-refractivity contribution < 1.29 is 18.7 Å². The van der Waals surface area contributed by atoms with E-state index in [4.69, 9.17) is 4.74 Å². The molecule has 2 N–H and O–H groups in total. The predicted molar refractivity (Wildman–Crippen MR) is 92.0 cm³/mol. The van der Waals surface area contributed by atoms with Gasteiger partial charge in [-0.15, -0.1) is 0 Å². The largest absolute Gasteiger partial charge is 0.481 e. The molecule has 1 fully saturated rings. The minimum atomic E-state index is -0.769. The van der Waals surface area contributed by atoms with Crippen LogP contribution in [0.15, 0.2) is 48.5 Å². The second-order valence-electron chi connectivity index (χ2n) is 6.03. The molecule has 5 nitrogen and oxygen atoms in total. The lowest BCUT2D eigenvalue weighted by Crippen LogP contribution is -2.30. The Morgan fingerprint density at radius 3 is 2.56 bits per heavy atom. The molecule has 3 rings (SSSR count). The highest BCUT2D eigenvalue weighted by Gasteiger charge is 2.24. The maximum absolute atomic E-state index is 12.9. The van der Waals surface area contributed by atoms with Crippen molar-refractivity contribution in [3.05, 3.63) is 59.9 Å². The summed E-state index contributed by atoms with van der Waals surface area (Å²) in [6.45, 7) is 1.60. The van der Waals surface area contributed by atoms with Gasteiger partial charge in [0.05, 0.1) is 0 Å². The van der Waals surface area contributed by atoms with Gasteiger partial charge < -0.3 is 15.4 Å². The van der Waals surface area contributed by atoms with E-state index in [0.717, 1.165) is 12.8 Å². The van der Waals surface area contributed by atoms with Gasteiger partial charge in [-0.25, -0.2) is 4.39 Å². The number of carbonyl (C=O) groups is 2. The van der Waals surface area contributed by atoms with Crippen LogP contribution >= 0.6 is 0 Å². The highest BCUT2D eigenvalue weighted by atomic mass is 19.1. The van der Waals surface area contributed by atoms with Crippen molar-refractivity contribution in [3.63, 3.8) is 0 Å². The fourth-order valence-corrected chi connectivity index (χ4v) is 2.25. The van der Waals surface area contributed by atoms with Crippen LogP contribution < -0.4 is 15.4 Å². The summed E-state index contributed by atoms with van der Waals surface area (Å²) in [5.74, 6) is -0.467. The van der Waals surface area contributed by atoms with E-state index in [1.54, 1.807) is 31.2 Å². The first kappa shape index (κ1) is 17.0. The van der Waals surface area contributed by atoms with Crippen molar-refractivity contribution >= 4 is 17.5 Å². The number of amides is 2. The van der Waals surface area contributed by atoms with Gasteiger partial charge in [-0.2, -0.15) is 0 Å². The third-order valence-corrected chi connectivity index (χ3v) is 3.80. The molecule has 1 atom stereocenters. The van der Waals surface area contributed by atoms with Crippen LogP contribution in [-0.4, -0.2) is 24.0 Å². The Morgan fingerprint density at radius 2 is 1.88 bits per heavy atom. The van der Waals surface area contributed by atoms with E-state index >= 15 is 0 Å². The lowest BCUT2D eigenvalue weighted by atomic mass is 10.2. The van der Waals surface area contributed by atoms with Crippen LogP contribution in [0.4, 0.5) is 10.1 Å². The fraction of sp³-hybridized carbons (Fsp3) is 0.263. The van der Waals surface area contributed by atoms with Crippen LogP contribution in [0.3, 0.4) is 0 Å². The molecule has 2 aromatic carbocycles. The Morgan fingerprint density at radius 1 is 1.16 bits per heavy atom. The molecule has 0 bridgehead atoms. The number of anilines is 1. The molecule has 0 saturated heterocycles. The molecule has 0 heterocycles. The van der Waals surface area contributed by atoms with Crippen LogP contribution in [0.1, 0.15) is 30.1 Å². The molecule has 0 unspecified atom stereocenters. The number of ether oxygens (including phenoxy) is 1. The molecule has 1 aliphatic carbocycles. The summed E-state index contributed by atoms with van der Waals surface area (Å²) < 4.78 is 18.4. The van der Waals surface area contributed by atoms with E-state index in [1.165, 1.54) is 24.3 Å². The second kappa shape index (κ2) is 7.34. The number of carbonyl (C=O) groups excluding carboxylic acids is 2. The monoisotopic (exact) mass is 342 g/mol. The van der Waals surface area contributed by atoms with Crippen molar-refractivity contribution in [1.29, 1.82) is 0 Å². The summed E-state index contributed by atoms with van der Waals surface area (Å²) in [5, 5.41) is 5.62. The Labute approximate surface area is 145 Å². The molecule has 0 spiro atoms. The van der Waals surface area contributed by atoms with Crippen molar-refractivity contribution in [1.82, 2.24) is 5.32 Å². The minimum Gasteiger partial charge on any atom is -0.481 e. The lowest BCUT2D eigenvalue weighted by molar-refractivity contribution is -0.122. The highest BCUT2D eigenvalue weighted by molar-refractivity contribution is 5.98. The highest BCUT2D eigenvalue weighted by Crippen LogP contribution is 2.20. The van der Waals surface area contributed by atoms with Crippen molar-refractivity contribution in [2.75, 3.05) is 5.32 Å². The maximum Gasteiger partial charge on any atom is 0.265 e. The molecular formula is C19H19FN2O3. The molecule has 25 heavy (non-hydrogen) atoms. The van der Waals surface area contributed by atoms with Crippen LogP contribution in [0.2, 0.25) is 0 Å². The summed E-state index contributed by atoms with van der Waals surface area (Å²) in [6, 6.07) is 12.5. The van der Waals surface area contributed by atoms with Gasteiger partial charge in [-0.1, -0.05) is 6.07 Å². The zero-order valence-corrected chi connectivity index (χ0v) is 13.8. The number of rotatable bonds is 6. The van der Waals surface area contributed by atoms with Gasteiger partial charge in [0.2, 0.25) is 0 Å². The SMILES string of the molecule is C[C@H](Oc1ccc(F)cc1)C(=O)Nc1cccc(C(=O)NC2CC2)c1. The van der Waals surface area contributed by atoms with E-state index in [2.05, 4.69) is 10.6 Å². The van der Waals surface area contributed by atoms with Gasteiger partial charge >= 0.3 is 0 Å². The molecule has 0 radical (unpaired) electrons. The fourth-order valence-electron chi connectivity index (χ4n) is 2.25. The molecular weight excluding hydrogens is 323 g/mol. The first-order chi connectivity index (χ1) is 12.0. The number of benzene rings is 2. The normalized spacial score (nSPS) is 14.5. The van der Waals surface area contributed by atoms with Crippen molar-refractivity contribution in [2.24, 2.45) is 0 Å². The third kappa shape index (κ3) is 4.79. The van der Waals surface area contributed by atoms with Gasteiger partial charge in [-0.05, 0) is 62.2 Å². The van der Waals surface area contributed by atoms with Gasteiger partial charge in [0, 0.05) is 17.3 Å². The molecule has 2 amide bonds. The smallest absolute Gasteiger partial charge is 0.265 e. The molecule has 1 aliphatic rings. The van der Waals surface area contributed by atoms with Crippen molar-refractivity contribution in [2.45, 2.75) is 31.9 Å². The van der Waals surface area contributed by atoms with E-state index in [-0.39, 0.29) is 23.7 Å². The predicted octanol–water partition coefficient (Wildman–Crippen LogP) is 3.12. The molecule has 0 aromatic heterocycles. The zero-order valence-electron chi connectivity index (χ0n) is 13.8. The standard InChI is InChI=1S/C19H19FN2O3/c1-12(25-17-9-5-14(20)6-10-17)18(23)22-16-4-2-3-13(11-16)19(24)21-15-7-8-15/h2-6,9-12,15H,7-8H2,1H3,(H,21,24)(H,22,23)/t12-/m0/s1. The lowest BCUT2D eigenvalue weighted by Gasteiger charge is -2.15. The van der Waals surface area contributed by atoms with Crippen LogP contribution in [0.25, 0.3) is 0 Å². The summed E-state index contributed by atoms with van der Waals surface area (Å²) >= 11 is 0. The Hall–Kier alpha value is -2.89. The summed E-state index contributed by atoms with van der Waals surface area (Å²) in [7, 11) is 0.